The fourth-order valence-corrected chi connectivity index (χ4v) is 2.07. The van der Waals surface area contributed by atoms with E-state index in [4.69, 9.17) is 5.21 Å². The Kier molecular flexibility index (Phi) is 2.45. The molecule has 0 unspecified atom stereocenters. The number of pyridine rings is 1. The van der Waals surface area contributed by atoms with Crippen molar-refractivity contribution in [1.82, 2.24) is 4.98 Å². The highest BCUT2D eigenvalue weighted by Crippen LogP contribution is 2.19. The fourth-order valence-electron chi connectivity index (χ4n) is 1.35. The summed E-state index contributed by atoms with van der Waals surface area (Å²) < 4.78 is 0. The number of aromatic nitrogens is 1. The van der Waals surface area contributed by atoms with Gasteiger partial charge in [-0.2, -0.15) is 0 Å². The summed E-state index contributed by atoms with van der Waals surface area (Å²) in [4.78, 5) is 5.30. The van der Waals surface area contributed by atoms with E-state index < -0.39 is 0 Å². The topological polar surface area (TPSA) is 45.5 Å². The van der Waals surface area contributed by atoms with E-state index in [2.05, 4.69) is 10.1 Å². The zero-order chi connectivity index (χ0) is 9.97. The van der Waals surface area contributed by atoms with Gasteiger partial charge in [0.05, 0.1) is 5.71 Å². The van der Waals surface area contributed by atoms with Gasteiger partial charge < -0.3 is 5.21 Å². The van der Waals surface area contributed by atoms with E-state index in [1.807, 2.05) is 24.4 Å². The zero-order valence-corrected chi connectivity index (χ0v) is 8.58. The molecule has 1 N–H and O–H groups in total. The lowest BCUT2D eigenvalue weighted by Gasteiger charge is -2.00. The van der Waals surface area contributed by atoms with Crippen molar-refractivity contribution in [3.63, 3.8) is 0 Å². The van der Waals surface area contributed by atoms with Crippen LogP contribution in [0, 0.1) is 0 Å². The van der Waals surface area contributed by atoms with Crippen LogP contribution in [0.3, 0.4) is 0 Å². The molecule has 0 aromatic carbocycles. The lowest BCUT2D eigenvalue weighted by Crippen LogP contribution is -1.98. The third-order valence-corrected chi connectivity index (χ3v) is 2.93. The Balaban J connectivity index is 2.53. The molecule has 0 bridgehead atoms. The molecule has 14 heavy (non-hydrogen) atoms. The van der Waals surface area contributed by atoms with Crippen LogP contribution < -0.4 is 0 Å². The van der Waals surface area contributed by atoms with Crippen molar-refractivity contribution in [2.45, 2.75) is 13.3 Å². The standard InChI is InChI=1S/C10H10N2OS/c1-2-9(12-13)8-5-7-3-4-14-10(7)11-6-8/h3-6,13H,2H2,1H3. The molecule has 0 aliphatic heterocycles. The molecule has 4 heteroatoms. The minimum Gasteiger partial charge on any atom is -0.411 e. The van der Waals surface area contributed by atoms with Gasteiger partial charge >= 0.3 is 0 Å². The summed E-state index contributed by atoms with van der Waals surface area (Å²) in [6.45, 7) is 1.95. The molecule has 0 aliphatic carbocycles. The lowest BCUT2D eigenvalue weighted by atomic mass is 10.1. The van der Waals surface area contributed by atoms with Gasteiger partial charge in [-0.1, -0.05) is 12.1 Å². The van der Waals surface area contributed by atoms with Gasteiger partial charge in [0.25, 0.3) is 0 Å². The second-order valence-corrected chi connectivity index (χ2v) is 3.83. The first-order valence-corrected chi connectivity index (χ1v) is 5.27. The lowest BCUT2D eigenvalue weighted by molar-refractivity contribution is 0.318. The van der Waals surface area contributed by atoms with Crippen LogP contribution >= 0.6 is 11.3 Å². The Labute approximate surface area is 85.7 Å². The van der Waals surface area contributed by atoms with E-state index in [0.29, 0.717) is 12.1 Å². The van der Waals surface area contributed by atoms with Gasteiger partial charge in [-0.05, 0) is 23.9 Å². The van der Waals surface area contributed by atoms with E-state index in [9.17, 15) is 0 Å². The zero-order valence-electron chi connectivity index (χ0n) is 7.77. The molecule has 0 radical (unpaired) electrons. The predicted octanol–water partition coefficient (Wildman–Crippen LogP) is 2.88. The molecule has 2 rings (SSSR count). The molecule has 2 aromatic heterocycles. The Hall–Kier alpha value is -1.42. The third-order valence-electron chi connectivity index (χ3n) is 2.09. The van der Waals surface area contributed by atoms with Gasteiger partial charge in [-0.3, -0.25) is 0 Å². The van der Waals surface area contributed by atoms with Gasteiger partial charge in [-0.25, -0.2) is 4.98 Å². The van der Waals surface area contributed by atoms with Gasteiger partial charge in [0.15, 0.2) is 0 Å². The SMILES string of the molecule is CCC(=NO)c1cnc2sccc2c1. The van der Waals surface area contributed by atoms with Crippen LogP contribution in [-0.4, -0.2) is 15.9 Å². The van der Waals surface area contributed by atoms with Gasteiger partial charge in [-0.15, -0.1) is 11.3 Å². The van der Waals surface area contributed by atoms with Crippen LogP contribution in [0.4, 0.5) is 0 Å². The number of rotatable bonds is 2. The Bertz CT molecular complexity index is 476. The molecule has 2 heterocycles. The minimum absolute atomic E-state index is 0.672. The summed E-state index contributed by atoms with van der Waals surface area (Å²) >= 11 is 1.61. The maximum Gasteiger partial charge on any atom is 0.123 e. The third kappa shape index (κ3) is 1.48. The molecule has 0 aliphatic rings. The highest BCUT2D eigenvalue weighted by molar-refractivity contribution is 7.16. The van der Waals surface area contributed by atoms with Crippen molar-refractivity contribution >= 4 is 27.3 Å². The molecule has 3 nitrogen and oxygen atoms in total. The number of hydrogen-bond acceptors (Lipinski definition) is 4. The number of hydrogen-bond donors (Lipinski definition) is 1. The number of oxime groups is 1. The summed E-state index contributed by atoms with van der Waals surface area (Å²) in [5, 5.41) is 15.1. The summed E-state index contributed by atoms with van der Waals surface area (Å²) in [5.41, 5.74) is 1.56. The van der Waals surface area contributed by atoms with Gasteiger partial charge in [0, 0.05) is 17.1 Å². The van der Waals surface area contributed by atoms with Crippen LogP contribution in [0.2, 0.25) is 0 Å². The van der Waals surface area contributed by atoms with Crippen molar-refractivity contribution in [2.75, 3.05) is 0 Å². The van der Waals surface area contributed by atoms with Crippen molar-refractivity contribution in [3.05, 3.63) is 29.3 Å². The maximum atomic E-state index is 8.76. The second-order valence-electron chi connectivity index (χ2n) is 2.94. The number of fused-ring (bicyclic) bond motifs is 1. The summed E-state index contributed by atoms with van der Waals surface area (Å²) in [6.07, 6.45) is 2.45. The van der Waals surface area contributed by atoms with Crippen molar-refractivity contribution < 1.29 is 5.21 Å². The normalized spacial score (nSPS) is 12.2. The quantitative estimate of drug-likeness (QED) is 0.466. The molecule has 2 aromatic rings. The van der Waals surface area contributed by atoms with Crippen molar-refractivity contribution in [1.29, 1.82) is 0 Å². The van der Waals surface area contributed by atoms with Crippen LogP contribution in [-0.2, 0) is 0 Å². The molecule has 0 spiro atoms. The largest absolute Gasteiger partial charge is 0.411 e. The van der Waals surface area contributed by atoms with Crippen molar-refractivity contribution in [3.8, 4) is 0 Å². The van der Waals surface area contributed by atoms with E-state index in [1.54, 1.807) is 17.5 Å². The van der Waals surface area contributed by atoms with Gasteiger partial charge in [0.1, 0.15) is 4.83 Å². The molecule has 0 fully saturated rings. The van der Waals surface area contributed by atoms with Crippen molar-refractivity contribution in [2.24, 2.45) is 5.16 Å². The highest BCUT2D eigenvalue weighted by atomic mass is 32.1. The van der Waals surface area contributed by atoms with E-state index in [0.717, 1.165) is 15.8 Å². The molecular formula is C10H10N2OS. The average Bonchev–Trinajstić information content (AvgIpc) is 2.66. The number of nitrogens with zero attached hydrogens (tertiary/aromatic N) is 2. The smallest absolute Gasteiger partial charge is 0.123 e. The Morgan fingerprint density at radius 2 is 2.50 bits per heavy atom. The Morgan fingerprint density at radius 3 is 3.21 bits per heavy atom. The fraction of sp³-hybridized carbons (Fsp3) is 0.200. The molecular weight excluding hydrogens is 196 g/mol. The summed E-state index contributed by atoms with van der Waals surface area (Å²) in [7, 11) is 0. The predicted molar refractivity (Wildman–Crippen MR) is 58.2 cm³/mol. The monoisotopic (exact) mass is 206 g/mol. The number of thiophene rings is 1. The molecule has 0 saturated carbocycles. The molecule has 0 atom stereocenters. The molecule has 72 valence electrons. The minimum atomic E-state index is 0.672. The van der Waals surface area contributed by atoms with E-state index in [1.165, 1.54) is 0 Å². The van der Waals surface area contributed by atoms with Gasteiger partial charge in [0.2, 0.25) is 0 Å². The first-order chi connectivity index (χ1) is 6.85. The van der Waals surface area contributed by atoms with Crippen LogP contribution in [0.5, 0.6) is 0 Å². The maximum absolute atomic E-state index is 8.76. The molecule has 0 amide bonds. The molecule has 0 saturated heterocycles. The van der Waals surface area contributed by atoms with Crippen LogP contribution in [0.1, 0.15) is 18.9 Å². The summed E-state index contributed by atoms with van der Waals surface area (Å²) in [6, 6.07) is 4.01. The Morgan fingerprint density at radius 1 is 1.64 bits per heavy atom. The average molecular weight is 206 g/mol. The first kappa shape index (κ1) is 9.15. The van der Waals surface area contributed by atoms with E-state index in [-0.39, 0.29) is 0 Å². The van der Waals surface area contributed by atoms with Crippen LogP contribution in [0.15, 0.2) is 28.9 Å². The van der Waals surface area contributed by atoms with Crippen LogP contribution in [0.25, 0.3) is 10.2 Å². The first-order valence-electron chi connectivity index (χ1n) is 4.39. The summed E-state index contributed by atoms with van der Waals surface area (Å²) in [5.74, 6) is 0. The second kappa shape index (κ2) is 3.75. The highest BCUT2D eigenvalue weighted by Gasteiger charge is 2.04. The van der Waals surface area contributed by atoms with E-state index >= 15 is 0 Å².